The molecule has 0 bridgehead atoms. The van der Waals surface area contributed by atoms with E-state index >= 15 is 0 Å². The molecule has 1 rings (SSSR count). The number of carbonyl (C=O) groups excluding carboxylic acids is 2. The van der Waals surface area contributed by atoms with Crippen molar-refractivity contribution in [3.63, 3.8) is 0 Å². The summed E-state index contributed by atoms with van der Waals surface area (Å²) in [6.45, 7) is 4.16. The monoisotopic (exact) mass is 264 g/mol. The SMILES string of the molecule is CCN(C)C(=O)C(C)NC(=O)Cc1ccc(N)cn1. The highest BCUT2D eigenvalue weighted by molar-refractivity contribution is 5.87. The first-order chi connectivity index (χ1) is 8.93. The lowest BCUT2D eigenvalue weighted by atomic mass is 10.2. The zero-order chi connectivity index (χ0) is 14.4. The topological polar surface area (TPSA) is 88.3 Å². The van der Waals surface area contributed by atoms with Crippen LogP contribution in [0, 0.1) is 0 Å². The van der Waals surface area contributed by atoms with Crippen molar-refractivity contribution in [1.82, 2.24) is 15.2 Å². The van der Waals surface area contributed by atoms with E-state index in [4.69, 9.17) is 5.73 Å². The summed E-state index contributed by atoms with van der Waals surface area (Å²) >= 11 is 0. The first-order valence-electron chi connectivity index (χ1n) is 6.18. The fourth-order valence-electron chi connectivity index (χ4n) is 1.55. The van der Waals surface area contributed by atoms with Gasteiger partial charge in [-0.05, 0) is 26.0 Å². The van der Waals surface area contributed by atoms with E-state index in [0.717, 1.165) is 0 Å². The van der Waals surface area contributed by atoms with Gasteiger partial charge in [0.1, 0.15) is 6.04 Å². The van der Waals surface area contributed by atoms with Gasteiger partial charge in [0.15, 0.2) is 0 Å². The predicted molar refractivity (Wildman–Crippen MR) is 73.3 cm³/mol. The third-order valence-corrected chi connectivity index (χ3v) is 2.79. The first kappa shape index (κ1) is 14.9. The lowest BCUT2D eigenvalue weighted by molar-refractivity contribution is -0.134. The Balaban J connectivity index is 2.51. The summed E-state index contributed by atoms with van der Waals surface area (Å²) in [4.78, 5) is 29.2. The van der Waals surface area contributed by atoms with E-state index in [1.54, 1.807) is 31.0 Å². The van der Waals surface area contributed by atoms with Crippen LogP contribution in [-0.4, -0.2) is 41.3 Å². The van der Waals surface area contributed by atoms with Crippen molar-refractivity contribution < 1.29 is 9.59 Å². The average Bonchev–Trinajstić information content (AvgIpc) is 2.39. The standard InChI is InChI=1S/C13H20N4O2/c1-4-17(3)13(19)9(2)16-12(18)7-11-6-5-10(14)8-15-11/h5-6,8-9H,4,7,14H2,1-3H3,(H,16,18). The Hall–Kier alpha value is -2.11. The number of amides is 2. The second-order valence-corrected chi connectivity index (χ2v) is 4.40. The molecule has 3 N–H and O–H groups in total. The Morgan fingerprint density at radius 1 is 1.47 bits per heavy atom. The molecule has 1 heterocycles. The summed E-state index contributed by atoms with van der Waals surface area (Å²) in [7, 11) is 1.70. The number of rotatable bonds is 5. The molecule has 1 unspecified atom stereocenters. The number of anilines is 1. The van der Waals surface area contributed by atoms with Gasteiger partial charge in [0.2, 0.25) is 11.8 Å². The van der Waals surface area contributed by atoms with Crippen molar-refractivity contribution in [2.75, 3.05) is 19.3 Å². The van der Waals surface area contributed by atoms with Gasteiger partial charge in [0.05, 0.1) is 18.3 Å². The third kappa shape index (κ3) is 4.57. The van der Waals surface area contributed by atoms with Crippen LogP contribution in [0.5, 0.6) is 0 Å². The molecule has 0 aromatic carbocycles. The van der Waals surface area contributed by atoms with Crippen molar-refractivity contribution in [2.24, 2.45) is 0 Å². The lowest BCUT2D eigenvalue weighted by Gasteiger charge is -2.20. The minimum Gasteiger partial charge on any atom is -0.397 e. The zero-order valence-electron chi connectivity index (χ0n) is 11.5. The Morgan fingerprint density at radius 3 is 2.68 bits per heavy atom. The van der Waals surface area contributed by atoms with E-state index < -0.39 is 6.04 Å². The highest BCUT2D eigenvalue weighted by atomic mass is 16.2. The van der Waals surface area contributed by atoms with Crippen LogP contribution in [0.4, 0.5) is 5.69 Å². The molecule has 0 radical (unpaired) electrons. The van der Waals surface area contributed by atoms with Crippen LogP contribution in [0.3, 0.4) is 0 Å². The number of nitrogens with two attached hydrogens (primary N) is 1. The van der Waals surface area contributed by atoms with Gasteiger partial charge in [-0.3, -0.25) is 14.6 Å². The van der Waals surface area contributed by atoms with Gasteiger partial charge < -0.3 is 16.0 Å². The molecule has 6 heteroatoms. The molecule has 0 aliphatic carbocycles. The third-order valence-electron chi connectivity index (χ3n) is 2.79. The second kappa shape index (κ2) is 6.72. The van der Waals surface area contributed by atoms with Gasteiger partial charge in [-0.1, -0.05) is 0 Å². The number of nitrogens with zero attached hydrogens (tertiary/aromatic N) is 2. The van der Waals surface area contributed by atoms with Crippen LogP contribution >= 0.6 is 0 Å². The number of nitrogen functional groups attached to an aromatic ring is 1. The highest BCUT2D eigenvalue weighted by Gasteiger charge is 2.18. The van der Waals surface area contributed by atoms with Crippen LogP contribution in [0.15, 0.2) is 18.3 Å². The molecule has 0 aliphatic heterocycles. The predicted octanol–water partition coefficient (Wildman–Crippen LogP) is 0.189. The van der Waals surface area contributed by atoms with Crippen LogP contribution < -0.4 is 11.1 Å². The van der Waals surface area contributed by atoms with Gasteiger partial charge in [-0.15, -0.1) is 0 Å². The van der Waals surface area contributed by atoms with Gasteiger partial charge in [-0.2, -0.15) is 0 Å². The van der Waals surface area contributed by atoms with E-state index in [-0.39, 0.29) is 18.2 Å². The Bertz CT molecular complexity index is 444. The molecular weight excluding hydrogens is 244 g/mol. The molecule has 1 aromatic rings. The molecule has 1 aromatic heterocycles. The van der Waals surface area contributed by atoms with Gasteiger partial charge >= 0.3 is 0 Å². The molecule has 6 nitrogen and oxygen atoms in total. The summed E-state index contributed by atoms with van der Waals surface area (Å²) in [6, 6.07) is 2.85. The lowest BCUT2D eigenvalue weighted by Crippen LogP contribution is -2.45. The normalized spacial score (nSPS) is 11.7. The number of nitrogens with one attached hydrogen (secondary N) is 1. The fourth-order valence-corrected chi connectivity index (χ4v) is 1.55. The molecular formula is C13H20N4O2. The second-order valence-electron chi connectivity index (χ2n) is 4.40. The maximum atomic E-state index is 11.8. The largest absolute Gasteiger partial charge is 0.397 e. The van der Waals surface area contributed by atoms with Crippen molar-refractivity contribution in [3.05, 3.63) is 24.0 Å². The first-order valence-corrected chi connectivity index (χ1v) is 6.18. The summed E-state index contributed by atoms with van der Waals surface area (Å²) in [5, 5.41) is 2.66. The number of hydrogen-bond donors (Lipinski definition) is 2. The molecule has 0 fully saturated rings. The van der Waals surface area contributed by atoms with Crippen molar-refractivity contribution in [1.29, 1.82) is 0 Å². The van der Waals surface area contributed by atoms with Crippen molar-refractivity contribution in [2.45, 2.75) is 26.3 Å². The summed E-state index contributed by atoms with van der Waals surface area (Å²) in [5.74, 6) is -0.344. The summed E-state index contributed by atoms with van der Waals surface area (Å²) < 4.78 is 0. The molecule has 0 saturated carbocycles. The zero-order valence-corrected chi connectivity index (χ0v) is 11.5. The molecule has 0 saturated heterocycles. The van der Waals surface area contributed by atoms with Gasteiger partial charge in [-0.25, -0.2) is 0 Å². The number of hydrogen-bond acceptors (Lipinski definition) is 4. The van der Waals surface area contributed by atoms with E-state index in [1.807, 2.05) is 6.92 Å². The Kier molecular flexibility index (Phi) is 5.29. The van der Waals surface area contributed by atoms with Crippen LogP contribution in [0.1, 0.15) is 19.5 Å². The quantitative estimate of drug-likeness (QED) is 0.794. The number of aromatic nitrogens is 1. The number of likely N-dealkylation sites (N-methyl/N-ethyl adjacent to an activating group) is 1. The van der Waals surface area contributed by atoms with Gasteiger partial charge in [0, 0.05) is 19.3 Å². The molecule has 0 spiro atoms. The average molecular weight is 264 g/mol. The summed E-state index contributed by atoms with van der Waals surface area (Å²) in [6.07, 6.45) is 1.63. The smallest absolute Gasteiger partial charge is 0.244 e. The molecule has 0 aliphatic rings. The molecule has 1 atom stereocenters. The maximum Gasteiger partial charge on any atom is 0.244 e. The van der Waals surface area contributed by atoms with E-state index in [1.165, 1.54) is 6.20 Å². The van der Waals surface area contributed by atoms with Crippen molar-refractivity contribution in [3.8, 4) is 0 Å². The van der Waals surface area contributed by atoms with E-state index in [9.17, 15) is 9.59 Å². The number of pyridine rings is 1. The Morgan fingerprint density at radius 2 is 2.16 bits per heavy atom. The Labute approximate surface area is 113 Å². The van der Waals surface area contributed by atoms with Crippen LogP contribution in [0.25, 0.3) is 0 Å². The number of carbonyl (C=O) groups is 2. The minimum atomic E-state index is -0.536. The van der Waals surface area contributed by atoms with E-state index in [2.05, 4.69) is 10.3 Å². The highest BCUT2D eigenvalue weighted by Crippen LogP contribution is 2.02. The summed E-state index contributed by atoms with van der Waals surface area (Å²) in [5.41, 5.74) is 6.69. The van der Waals surface area contributed by atoms with Crippen LogP contribution in [-0.2, 0) is 16.0 Å². The molecule has 2 amide bonds. The van der Waals surface area contributed by atoms with Gasteiger partial charge in [0.25, 0.3) is 0 Å². The molecule has 19 heavy (non-hydrogen) atoms. The fraction of sp³-hybridized carbons (Fsp3) is 0.462. The minimum absolute atomic E-state index is 0.110. The molecule has 104 valence electrons. The van der Waals surface area contributed by atoms with Crippen LogP contribution in [0.2, 0.25) is 0 Å². The maximum absolute atomic E-state index is 11.8. The van der Waals surface area contributed by atoms with E-state index in [0.29, 0.717) is 17.9 Å². The van der Waals surface area contributed by atoms with Crippen molar-refractivity contribution >= 4 is 17.5 Å².